The molecule has 0 spiro atoms. The standard InChI is InChI=1S/C26H36NP.C20H22F3N5O.C13H7ClF3N3O.C7H16N2/c1-27(2)25-19-11-9-17-23(25)24-18-10-12-20-26(24)28(21-13-5-3-6-14-21)22-15-7-4-8-16-22;1-27-9-7-14(8-10-27)12-24-18-5-6-19-25-13-17(28(19)26-18)15-3-2-4-16(11-15)29-20(21,22)23;14-11-4-5-12-18-7-10(20(12)19-11)8-2-1-3-9(6-8)21-13(15,16)17;1-9-4-2-7(6-8)3-5-9/h9-12,17-22H,3-8,13-16H2,1-2H3;2-6,11,13-14H,7-10,12H2,1H3,(H,24,26);1-7H;7H,2-6,8H2,1H3. The third-order valence-corrected chi connectivity index (χ3v) is 20.5. The van der Waals surface area contributed by atoms with Gasteiger partial charge in [-0.3, -0.25) is 0 Å². The molecule has 2 saturated heterocycles. The lowest BCUT2D eigenvalue weighted by molar-refractivity contribution is -0.275. The van der Waals surface area contributed by atoms with Crippen molar-refractivity contribution >= 4 is 47.6 Å². The van der Waals surface area contributed by atoms with Crippen LogP contribution in [0.3, 0.4) is 0 Å². The average Bonchev–Trinajstić information content (AvgIpc) is 2.20. The van der Waals surface area contributed by atoms with Crippen molar-refractivity contribution in [2.24, 2.45) is 17.6 Å². The summed E-state index contributed by atoms with van der Waals surface area (Å²) in [7, 11) is 8.57. The van der Waals surface area contributed by atoms with Crippen molar-refractivity contribution in [2.75, 3.05) is 77.7 Å². The first kappa shape index (κ1) is 65.0. The van der Waals surface area contributed by atoms with Gasteiger partial charge in [0.2, 0.25) is 0 Å². The highest BCUT2D eigenvalue weighted by molar-refractivity contribution is 7.67. The molecule has 0 unspecified atom stereocenters. The molecule has 4 aromatic heterocycles. The first-order valence-corrected chi connectivity index (χ1v) is 32.3. The fourth-order valence-corrected chi connectivity index (χ4v) is 16.3. The van der Waals surface area contributed by atoms with Gasteiger partial charge in [0.15, 0.2) is 11.3 Å². The molecule has 21 heteroatoms. The number of nitrogens with two attached hydrogens (primary N) is 1. The van der Waals surface area contributed by atoms with Crippen LogP contribution in [0.2, 0.25) is 5.15 Å². The van der Waals surface area contributed by atoms with Crippen molar-refractivity contribution < 1.29 is 35.8 Å². The van der Waals surface area contributed by atoms with Crippen molar-refractivity contribution in [3.05, 3.63) is 139 Å². The second-order valence-corrected chi connectivity index (χ2v) is 26.5. The topological polar surface area (TPSA) is 127 Å². The summed E-state index contributed by atoms with van der Waals surface area (Å²) in [6.07, 6.45) is 13.1. The lowest BCUT2D eigenvalue weighted by Crippen LogP contribution is -2.33. The van der Waals surface area contributed by atoms with Gasteiger partial charge in [-0.25, -0.2) is 19.0 Å². The number of hydrogen-bond acceptors (Lipinski definition) is 11. The van der Waals surface area contributed by atoms with Gasteiger partial charge < -0.3 is 35.2 Å². The number of imidazole rings is 2. The highest BCUT2D eigenvalue weighted by atomic mass is 35.5. The van der Waals surface area contributed by atoms with Crippen LogP contribution in [-0.2, 0) is 0 Å². The van der Waals surface area contributed by atoms with E-state index in [0.717, 1.165) is 56.3 Å². The highest BCUT2D eigenvalue weighted by Gasteiger charge is 2.35. The predicted octanol–water partition coefficient (Wildman–Crippen LogP) is 15.5. The SMILES string of the molecule is CN(C)c1ccccc1-c1ccccc1P(C1CCCCC1)C1CCCCC1.CN1CCC(CN)CC1.CN1CCC(CNc2ccc3ncc(-c4cccc(OC(F)(F)F)c4)n3n2)CC1.FC(F)(F)Oc1cccc(-c2cnc3ccc(Cl)nn23)c1. The summed E-state index contributed by atoms with van der Waals surface area (Å²) in [4.78, 5) is 15.4. The molecule has 12 rings (SSSR count). The number of fused-ring (bicyclic) bond motifs is 2. The number of rotatable bonds is 13. The van der Waals surface area contributed by atoms with E-state index in [9.17, 15) is 26.3 Å². The number of benzene rings is 4. The lowest BCUT2D eigenvalue weighted by Gasteiger charge is -2.39. The minimum absolute atomic E-state index is 0.0867. The third kappa shape index (κ3) is 18.5. The zero-order chi connectivity index (χ0) is 61.5. The molecule has 4 fully saturated rings. The maximum Gasteiger partial charge on any atom is 0.573 e. The van der Waals surface area contributed by atoms with Gasteiger partial charge in [-0.15, -0.1) is 31.4 Å². The van der Waals surface area contributed by atoms with Crippen molar-refractivity contribution in [3.63, 3.8) is 0 Å². The average molecular weight is 1240 g/mol. The van der Waals surface area contributed by atoms with Crippen LogP contribution >= 0.6 is 19.5 Å². The molecule has 13 nitrogen and oxygen atoms in total. The van der Waals surface area contributed by atoms with Crippen molar-refractivity contribution in [1.29, 1.82) is 0 Å². The summed E-state index contributed by atoms with van der Waals surface area (Å²) < 4.78 is 85.3. The normalized spacial score (nSPS) is 17.0. The van der Waals surface area contributed by atoms with Crippen molar-refractivity contribution in [2.45, 2.75) is 114 Å². The van der Waals surface area contributed by atoms with E-state index in [4.69, 9.17) is 17.3 Å². The first-order chi connectivity index (χ1) is 41.9. The Labute approximate surface area is 513 Å². The minimum atomic E-state index is -4.74. The maximum atomic E-state index is 12.5. The smallest absolute Gasteiger partial charge is 0.406 e. The van der Waals surface area contributed by atoms with Crippen LogP contribution in [0.5, 0.6) is 11.5 Å². The van der Waals surface area contributed by atoms with Gasteiger partial charge in [-0.1, -0.05) is 125 Å². The Morgan fingerprint density at radius 1 is 0.575 bits per heavy atom. The van der Waals surface area contributed by atoms with E-state index in [1.54, 1.807) is 40.3 Å². The van der Waals surface area contributed by atoms with E-state index in [0.29, 0.717) is 45.5 Å². The summed E-state index contributed by atoms with van der Waals surface area (Å²) >= 11 is 5.82. The molecule has 8 aromatic rings. The Morgan fingerprint density at radius 3 is 1.57 bits per heavy atom. The number of hydrogen-bond donors (Lipinski definition) is 2. The number of ether oxygens (including phenoxy) is 2. The van der Waals surface area contributed by atoms with Gasteiger partial charge in [-0.05, 0) is 187 Å². The van der Waals surface area contributed by atoms with E-state index < -0.39 is 12.7 Å². The highest BCUT2D eigenvalue weighted by Crippen LogP contribution is 2.56. The van der Waals surface area contributed by atoms with E-state index in [1.807, 2.05) is 12.1 Å². The molecule has 0 atom stereocenters. The molecule has 0 radical (unpaired) electrons. The molecule has 4 aliphatic rings. The number of anilines is 2. The summed E-state index contributed by atoms with van der Waals surface area (Å²) in [6, 6.07) is 36.8. The summed E-state index contributed by atoms with van der Waals surface area (Å²) in [5.41, 5.74) is 15.0. The number of aromatic nitrogens is 6. The van der Waals surface area contributed by atoms with Gasteiger partial charge in [0.1, 0.15) is 22.5 Å². The van der Waals surface area contributed by atoms with Crippen LogP contribution in [0.1, 0.15) is 89.9 Å². The van der Waals surface area contributed by atoms with Gasteiger partial charge in [0, 0.05) is 43.0 Å². The Hall–Kier alpha value is -6.50. The number of nitrogens with zero attached hydrogens (tertiary/aromatic N) is 9. The molecule has 2 aliphatic carbocycles. The largest absolute Gasteiger partial charge is 0.573 e. The van der Waals surface area contributed by atoms with Gasteiger partial charge in [0.05, 0.1) is 23.8 Å². The Bertz CT molecular complexity index is 3410. The minimum Gasteiger partial charge on any atom is -0.406 e. The molecule has 0 bridgehead atoms. The van der Waals surface area contributed by atoms with Gasteiger partial charge >= 0.3 is 12.7 Å². The van der Waals surface area contributed by atoms with Crippen molar-refractivity contribution in [1.82, 2.24) is 39.0 Å². The van der Waals surface area contributed by atoms with E-state index >= 15 is 0 Å². The molecular weight excluding hydrogens is 1160 g/mol. The number of nitrogens with one attached hydrogen (secondary N) is 1. The summed E-state index contributed by atoms with van der Waals surface area (Å²) in [6.45, 7) is 6.39. The molecule has 87 heavy (non-hydrogen) atoms. The molecule has 2 aliphatic heterocycles. The number of halogens is 7. The summed E-state index contributed by atoms with van der Waals surface area (Å²) in [5, 5.41) is 14.0. The monoisotopic (exact) mass is 1240 g/mol. The Morgan fingerprint density at radius 2 is 1.06 bits per heavy atom. The van der Waals surface area contributed by atoms with Crippen LogP contribution in [-0.4, -0.2) is 130 Å². The van der Waals surface area contributed by atoms with Gasteiger partial charge in [-0.2, -0.15) is 5.10 Å². The van der Waals surface area contributed by atoms with Crippen molar-refractivity contribution in [3.8, 4) is 45.1 Å². The quantitative estimate of drug-likeness (QED) is 0.0846. The zero-order valence-electron chi connectivity index (χ0n) is 50.2. The molecule has 4 aromatic carbocycles. The first-order valence-electron chi connectivity index (χ1n) is 30.4. The second kappa shape index (κ2) is 30.6. The fourth-order valence-electron chi connectivity index (χ4n) is 12.2. The molecule has 6 heterocycles. The molecule has 0 amide bonds. The summed E-state index contributed by atoms with van der Waals surface area (Å²) in [5.74, 6) is 1.53. The van der Waals surface area contributed by atoms with E-state index in [-0.39, 0.29) is 24.6 Å². The number of likely N-dealkylation sites (tertiary alicyclic amines) is 2. The predicted molar refractivity (Wildman–Crippen MR) is 340 cm³/mol. The Balaban J connectivity index is 0.000000146. The molecule has 466 valence electrons. The number of para-hydroxylation sites is 1. The maximum absolute atomic E-state index is 12.5. The zero-order valence-corrected chi connectivity index (χ0v) is 51.8. The third-order valence-electron chi connectivity index (χ3n) is 16.8. The van der Waals surface area contributed by atoms with E-state index in [1.165, 1.54) is 154 Å². The fraction of sp³-hybridized carbons (Fsp3) is 0.455. The Kier molecular flexibility index (Phi) is 22.9. The number of piperidine rings is 2. The number of alkyl halides is 6. The van der Waals surface area contributed by atoms with Crippen LogP contribution < -0.4 is 30.7 Å². The van der Waals surface area contributed by atoms with Crippen LogP contribution in [0.25, 0.3) is 44.9 Å². The van der Waals surface area contributed by atoms with Crippen LogP contribution in [0.15, 0.2) is 134 Å². The van der Waals surface area contributed by atoms with E-state index in [2.05, 4.69) is 126 Å². The molecule has 2 saturated carbocycles. The molecular formula is C66H81ClF6N11O2P. The second-order valence-electron chi connectivity index (χ2n) is 23.4. The molecule has 3 N–H and O–H groups in total. The van der Waals surface area contributed by atoms with Gasteiger partial charge in [0.25, 0.3) is 0 Å². The van der Waals surface area contributed by atoms with Crippen LogP contribution in [0.4, 0.5) is 37.8 Å². The lowest BCUT2D eigenvalue weighted by atomic mass is 9.97. The van der Waals surface area contributed by atoms with Crippen LogP contribution in [0, 0.1) is 11.8 Å².